The lowest BCUT2D eigenvalue weighted by Gasteiger charge is -2.10. The molecule has 17 heavy (non-hydrogen) atoms. The van der Waals surface area contributed by atoms with E-state index in [2.05, 4.69) is 23.9 Å². The zero-order valence-electron chi connectivity index (χ0n) is 10.9. The van der Waals surface area contributed by atoms with Gasteiger partial charge in [-0.3, -0.25) is 4.68 Å². The minimum Gasteiger partial charge on any atom is -0.366 e. The van der Waals surface area contributed by atoms with E-state index in [1.54, 1.807) is 0 Å². The highest BCUT2D eigenvalue weighted by Crippen LogP contribution is 2.31. The number of ether oxygens (including phenoxy) is 1. The zero-order chi connectivity index (χ0) is 12.4. The fourth-order valence-electron chi connectivity index (χ4n) is 2.25. The lowest BCUT2D eigenvalue weighted by molar-refractivity contribution is 0.0427. The van der Waals surface area contributed by atoms with Gasteiger partial charge in [-0.15, -0.1) is 0 Å². The van der Waals surface area contributed by atoms with Crippen LogP contribution in [0.15, 0.2) is 0 Å². The molecule has 0 bridgehead atoms. The molecular weight excluding hydrogens is 216 g/mol. The predicted octanol–water partition coefficient (Wildman–Crippen LogP) is 1.19. The standard InChI is InChI=1S/C12H22N4O/c1-8(2)6-11-14-12(16(3)15-11)10-5-4-9(7-13)17-10/h8-10H,4-7,13H2,1-3H3. The minimum atomic E-state index is 0.0713. The first-order chi connectivity index (χ1) is 8.10. The Labute approximate surface area is 102 Å². The second kappa shape index (κ2) is 5.14. The Kier molecular flexibility index (Phi) is 3.79. The van der Waals surface area contributed by atoms with Gasteiger partial charge in [0.25, 0.3) is 0 Å². The topological polar surface area (TPSA) is 66.0 Å². The highest BCUT2D eigenvalue weighted by molar-refractivity contribution is 4.99. The van der Waals surface area contributed by atoms with Crippen LogP contribution in [0.2, 0.25) is 0 Å². The Balaban J connectivity index is 2.08. The van der Waals surface area contributed by atoms with Crippen LogP contribution in [0.4, 0.5) is 0 Å². The maximum absolute atomic E-state index is 5.85. The summed E-state index contributed by atoms with van der Waals surface area (Å²) in [5, 5.41) is 4.44. The first kappa shape index (κ1) is 12.5. The maximum Gasteiger partial charge on any atom is 0.156 e. The van der Waals surface area contributed by atoms with Crippen LogP contribution in [-0.4, -0.2) is 27.4 Å². The van der Waals surface area contributed by atoms with Crippen LogP contribution in [0, 0.1) is 5.92 Å². The van der Waals surface area contributed by atoms with Gasteiger partial charge in [0.15, 0.2) is 11.6 Å². The van der Waals surface area contributed by atoms with Crippen molar-refractivity contribution in [3.05, 3.63) is 11.6 Å². The summed E-state index contributed by atoms with van der Waals surface area (Å²) in [6.45, 7) is 4.94. The average molecular weight is 238 g/mol. The largest absolute Gasteiger partial charge is 0.366 e. The maximum atomic E-state index is 5.85. The number of nitrogens with two attached hydrogens (primary N) is 1. The lowest BCUT2D eigenvalue weighted by atomic mass is 10.1. The fourth-order valence-corrected chi connectivity index (χ4v) is 2.25. The molecule has 0 saturated carbocycles. The van der Waals surface area contributed by atoms with Crippen LogP contribution in [0.5, 0.6) is 0 Å². The number of hydrogen-bond acceptors (Lipinski definition) is 4. The lowest BCUT2D eigenvalue weighted by Crippen LogP contribution is -2.19. The molecule has 2 heterocycles. The Bertz CT molecular complexity index is 375. The Morgan fingerprint density at radius 2 is 2.24 bits per heavy atom. The summed E-state index contributed by atoms with van der Waals surface area (Å²) in [7, 11) is 1.94. The molecule has 0 amide bonds. The van der Waals surface area contributed by atoms with E-state index in [4.69, 9.17) is 10.5 Å². The smallest absolute Gasteiger partial charge is 0.156 e. The minimum absolute atomic E-state index is 0.0713. The van der Waals surface area contributed by atoms with E-state index in [-0.39, 0.29) is 12.2 Å². The summed E-state index contributed by atoms with van der Waals surface area (Å²) < 4.78 is 7.70. The second-order valence-electron chi connectivity index (χ2n) is 5.17. The van der Waals surface area contributed by atoms with Crippen molar-refractivity contribution in [3.63, 3.8) is 0 Å². The van der Waals surface area contributed by atoms with Crippen molar-refractivity contribution in [2.45, 2.75) is 45.3 Å². The summed E-state index contributed by atoms with van der Waals surface area (Å²) in [6.07, 6.45) is 3.19. The van der Waals surface area contributed by atoms with Gasteiger partial charge in [-0.25, -0.2) is 4.98 Å². The highest BCUT2D eigenvalue weighted by Gasteiger charge is 2.29. The van der Waals surface area contributed by atoms with Crippen LogP contribution in [0.1, 0.15) is 44.4 Å². The number of hydrogen-bond donors (Lipinski definition) is 1. The van der Waals surface area contributed by atoms with Crippen molar-refractivity contribution in [2.24, 2.45) is 18.7 Å². The Morgan fingerprint density at radius 1 is 1.47 bits per heavy atom. The SMILES string of the molecule is CC(C)Cc1nc(C2CCC(CN)O2)n(C)n1. The van der Waals surface area contributed by atoms with Crippen LogP contribution in [0.3, 0.4) is 0 Å². The molecule has 2 rings (SSSR count). The summed E-state index contributed by atoms with van der Waals surface area (Å²) in [5.41, 5.74) is 5.62. The van der Waals surface area contributed by atoms with E-state index < -0.39 is 0 Å². The number of aryl methyl sites for hydroxylation is 1. The van der Waals surface area contributed by atoms with Crippen molar-refractivity contribution in [2.75, 3.05) is 6.54 Å². The number of rotatable bonds is 4. The van der Waals surface area contributed by atoms with Gasteiger partial charge >= 0.3 is 0 Å². The van der Waals surface area contributed by atoms with E-state index in [0.29, 0.717) is 12.5 Å². The van der Waals surface area contributed by atoms with Gasteiger partial charge < -0.3 is 10.5 Å². The van der Waals surface area contributed by atoms with E-state index >= 15 is 0 Å². The predicted molar refractivity (Wildman–Crippen MR) is 65.4 cm³/mol. The quantitative estimate of drug-likeness (QED) is 0.855. The molecule has 0 radical (unpaired) electrons. The van der Waals surface area contributed by atoms with Gasteiger partial charge in [0.1, 0.15) is 6.10 Å². The van der Waals surface area contributed by atoms with E-state index in [0.717, 1.165) is 30.9 Å². The summed E-state index contributed by atoms with van der Waals surface area (Å²) in [6, 6.07) is 0. The molecule has 2 N–H and O–H groups in total. The van der Waals surface area contributed by atoms with E-state index in [1.165, 1.54) is 0 Å². The third kappa shape index (κ3) is 2.84. The monoisotopic (exact) mass is 238 g/mol. The fraction of sp³-hybridized carbons (Fsp3) is 0.833. The molecule has 96 valence electrons. The normalized spacial score (nSPS) is 24.8. The first-order valence-corrected chi connectivity index (χ1v) is 6.35. The molecule has 5 heteroatoms. The van der Waals surface area contributed by atoms with Gasteiger partial charge in [-0.05, 0) is 18.8 Å². The third-order valence-corrected chi connectivity index (χ3v) is 3.09. The molecular formula is C12H22N4O. The molecule has 1 aromatic rings. The molecule has 2 atom stereocenters. The second-order valence-corrected chi connectivity index (χ2v) is 5.17. The van der Waals surface area contributed by atoms with Crippen molar-refractivity contribution >= 4 is 0 Å². The molecule has 1 saturated heterocycles. The molecule has 0 spiro atoms. The molecule has 0 aromatic carbocycles. The Hall–Kier alpha value is -0.940. The number of nitrogens with zero attached hydrogens (tertiary/aromatic N) is 3. The average Bonchev–Trinajstić information content (AvgIpc) is 2.83. The van der Waals surface area contributed by atoms with Crippen molar-refractivity contribution in [1.82, 2.24) is 14.8 Å². The highest BCUT2D eigenvalue weighted by atomic mass is 16.5. The van der Waals surface area contributed by atoms with Crippen molar-refractivity contribution < 1.29 is 4.74 Å². The summed E-state index contributed by atoms with van der Waals surface area (Å²) >= 11 is 0. The van der Waals surface area contributed by atoms with Crippen molar-refractivity contribution in [3.8, 4) is 0 Å². The molecule has 0 aliphatic carbocycles. The van der Waals surface area contributed by atoms with Gasteiger partial charge in [0.05, 0.1) is 6.10 Å². The molecule has 1 aliphatic heterocycles. The summed E-state index contributed by atoms with van der Waals surface area (Å²) in [4.78, 5) is 4.59. The molecule has 1 aromatic heterocycles. The first-order valence-electron chi connectivity index (χ1n) is 6.35. The zero-order valence-corrected chi connectivity index (χ0v) is 10.9. The van der Waals surface area contributed by atoms with Crippen LogP contribution in [-0.2, 0) is 18.2 Å². The molecule has 1 fully saturated rings. The Morgan fingerprint density at radius 3 is 2.82 bits per heavy atom. The van der Waals surface area contributed by atoms with E-state index in [1.807, 2.05) is 11.7 Å². The van der Waals surface area contributed by atoms with Gasteiger partial charge in [0.2, 0.25) is 0 Å². The molecule has 5 nitrogen and oxygen atoms in total. The van der Waals surface area contributed by atoms with Gasteiger partial charge in [-0.2, -0.15) is 5.10 Å². The van der Waals surface area contributed by atoms with Crippen LogP contribution < -0.4 is 5.73 Å². The van der Waals surface area contributed by atoms with E-state index in [9.17, 15) is 0 Å². The van der Waals surface area contributed by atoms with Gasteiger partial charge in [-0.1, -0.05) is 13.8 Å². The van der Waals surface area contributed by atoms with Gasteiger partial charge in [0, 0.05) is 20.0 Å². The molecule has 2 unspecified atom stereocenters. The van der Waals surface area contributed by atoms with Crippen LogP contribution >= 0.6 is 0 Å². The number of aromatic nitrogens is 3. The van der Waals surface area contributed by atoms with Crippen molar-refractivity contribution in [1.29, 1.82) is 0 Å². The summed E-state index contributed by atoms with van der Waals surface area (Å²) in [5.74, 6) is 2.43. The molecule has 1 aliphatic rings. The third-order valence-electron chi connectivity index (χ3n) is 3.09. The van der Waals surface area contributed by atoms with Crippen LogP contribution in [0.25, 0.3) is 0 Å².